The lowest BCUT2D eigenvalue weighted by Crippen LogP contribution is -2.25. The molecule has 0 saturated heterocycles. The second kappa shape index (κ2) is 7.93. The largest absolute Gasteiger partial charge is 0.494 e. The summed E-state index contributed by atoms with van der Waals surface area (Å²) in [5.41, 5.74) is 4.90. The number of anilines is 1. The average Bonchev–Trinajstić information content (AvgIpc) is 2.54. The van der Waals surface area contributed by atoms with Gasteiger partial charge in [-0.1, -0.05) is 17.7 Å². The molecule has 0 aromatic heterocycles. The fourth-order valence-corrected chi connectivity index (χ4v) is 1.84. The highest BCUT2D eigenvalue weighted by molar-refractivity contribution is 5.84. The van der Waals surface area contributed by atoms with E-state index in [4.69, 9.17) is 4.74 Å². The highest BCUT2D eigenvalue weighted by Crippen LogP contribution is 2.16. The van der Waals surface area contributed by atoms with Crippen LogP contribution in [0, 0.1) is 12.7 Å². The van der Waals surface area contributed by atoms with E-state index in [0.717, 1.165) is 11.3 Å². The Morgan fingerprint density at radius 1 is 1.26 bits per heavy atom. The van der Waals surface area contributed by atoms with E-state index in [1.54, 1.807) is 6.07 Å². The lowest BCUT2D eigenvalue weighted by molar-refractivity contribution is -0.119. The minimum absolute atomic E-state index is 0.0946. The maximum Gasteiger partial charge on any atom is 0.259 e. The number of aryl methyl sites for hydroxylation is 1. The summed E-state index contributed by atoms with van der Waals surface area (Å²) in [5.74, 6) is -0.617. The van der Waals surface area contributed by atoms with E-state index < -0.39 is 5.82 Å². The molecule has 0 atom stereocenters. The first kappa shape index (κ1) is 16.5. The highest BCUT2D eigenvalue weighted by atomic mass is 19.1. The van der Waals surface area contributed by atoms with Gasteiger partial charge in [0, 0.05) is 5.69 Å². The molecule has 5 nitrogen and oxygen atoms in total. The van der Waals surface area contributed by atoms with Crippen molar-refractivity contribution in [2.24, 2.45) is 5.10 Å². The third-order valence-electron chi connectivity index (χ3n) is 3.08. The summed E-state index contributed by atoms with van der Waals surface area (Å²) in [5, 5.41) is 6.77. The molecule has 1 amide bonds. The first-order valence-electron chi connectivity index (χ1n) is 7.04. The molecule has 2 aromatic carbocycles. The molecule has 0 radical (unpaired) electrons. The third kappa shape index (κ3) is 5.10. The van der Waals surface area contributed by atoms with Crippen molar-refractivity contribution in [2.75, 3.05) is 19.0 Å². The van der Waals surface area contributed by atoms with Gasteiger partial charge in [-0.25, -0.2) is 9.82 Å². The summed E-state index contributed by atoms with van der Waals surface area (Å²) in [6, 6.07) is 12.1. The zero-order valence-corrected chi connectivity index (χ0v) is 13.0. The maximum absolute atomic E-state index is 13.5. The minimum Gasteiger partial charge on any atom is -0.494 e. The van der Waals surface area contributed by atoms with E-state index in [2.05, 4.69) is 15.8 Å². The number of nitrogens with one attached hydrogen (secondary N) is 2. The molecule has 2 N–H and O–H groups in total. The van der Waals surface area contributed by atoms with Crippen LogP contribution in [0.4, 0.5) is 10.1 Å². The van der Waals surface area contributed by atoms with Crippen molar-refractivity contribution in [1.82, 2.24) is 5.43 Å². The summed E-state index contributed by atoms with van der Waals surface area (Å²) >= 11 is 0. The van der Waals surface area contributed by atoms with Gasteiger partial charge < -0.3 is 10.1 Å². The van der Waals surface area contributed by atoms with Gasteiger partial charge in [-0.15, -0.1) is 0 Å². The van der Waals surface area contributed by atoms with Gasteiger partial charge in [0.15, 0.2) is 11.6 Å². The lowest BCUT2D eigenvalue weighted by atomic mass is 10.2. The smallest absolute Gasteiger partial charge is 0.259 e. The molecule has 23 heavy (non-hydrogen) atoms. The zero-order valence-electron chi connectivity index (χ0n) is 13.0. The number of hydrazone groups is 1. The van der Waals surface area contributed by atoms with Gasteiger partial charge >= 0.3 is 0 Å². The molecule has 0 fully saturated rings. The SMILES string of the molecule is COc1ccc(/C=N\NC(=O)CNc2ccc(C)cc2)cc1F. The van der Waals surface area contributed by atoms with Crippen molar-refractivity contribution >= 4 is 17.8 Å². The topological polar surface area (TPSA) is 62.7 Å². The molecule has 0 heterocycles. The molecule has 2 aromatic rings. The first-order valence-corrected chi connectivity index (χ1v) is 7.04. The van der Waals surface area contributed by atoms with Crippen LogP contribution in [0.25, 0.3) is 0 Å². The van der Waals surface area contributed by atoms with Gasteiger partial charge in [0.1, 0.15) is 0 Å². The fourth-order valence-electron chi connectivity index (χ4n) is 1.84. The number of ether oxygens (including phenoxy) is 1. The van der Waals surface area contributed by atoms with E-state index in [9.17, 15) is 9.18 Å². The van der Waals surface area contributed by atoms with Crippen LogP contribution in [-0.2, 0) is 4.79 Å². The first-order chi connectivity index (χ1) is 11.1. The molecule has 0 spiro atoms. The van der Waals surface area contributed by atoms with Crippen molar-refractivity contribution in [1.29, 1.82) is 0 Å². The van der Waals surface area contributed by atoms with Crippen LogP contribution in [-0.4, -0.2) is 25.8 Å². The number of carbonyl (C=O) groups is 1. The van der Waals surface area contributed by atoms with Crippen molar-refractivity contribution in [3.63, 3.8) is 0 Å². The Morgan fingerprint density at radius 2 is 2.00 bits per heavy atom. The number of hydrogen-bond acceptors (Lipinski definition) is 4. The molecule has 0 aliphatic heterocycles. The van der Waals surface area contributed by atoms with E-state index in [-0.39, 0.29) is 18.2 Å². The van der Waals surface area contributed by atoms with Gasteiger partial charge in [-0.2, -0.15) is 5.10 Å². The number of methoxy groups -OCH3 is 1. The summed E-state index contributed by atoms with van der Waals surface area (Å²) in [6.07, 6.45) is 1.37. The Balaban J connectivity index is 1.81. The zero-order chi connectivity index (χ0) is 16.7. The monoisotopic (exact) mass is 315 g/mol. The summed E-state index contributed by atoms with van der Waals surface area (Å²) in [4.78, 5) is 11.7. The van der Waals surface area contributed by atoms with Gasteiger partial charge in [0.05, 0.1) is 19.9 Å². The van der Waals surface area contributed by atoms with Gasteiger partial charge in [0.2, 0.25) is 0 Å². The molecule has 0 unspecified atom stereocenters. The normalized spacial score (nSPS) is 10.6. The standard InChI is InChI=1S/C17H18FN3O2/c1-12-3-6-14(7-4-12)19-11-17(22)21-20-10-13-5-8-16(23-2)15(18)9-13/h3-10,19H,11H2,1-2H3,(H,21,22)/b20-10-. The summed E-state index contributed by atoms with van der Waals surface area (Å²) < 4.78 is 18.3. The van der Waals surface area contributed by atoms with Crippen LogP contribution in [0.2, 0.25) is 0 Å². The molecule has 0 saturated carbocycles. The number of carbonyl (C=O) groups excluding carboxylic acids is 1. The van der Waals surface area contributed by atoms with Crippen molar-refractivity contribution in [3.8, 4) is 5.75 Å². The van der Waals surface area contributed by atoms with E-state index in [0.29, 0.717) is 5.56 Å². The van der Waals surface area contributed by atoms with Crippen LogP contribution in [0.5, 0.6) is 5.75 Å². The molecule has 0 bridgehead atoms. The molecule has 6 heteroatoms. The third-order valence-corrected chi connectivity index (χ3v) is 3.08. The second-order valence-electron chi connectivity index (χ2n) is 4.91. The summed E-state index contributed by atoms with van der Waals surface area (Å²) in [6.45, 7) is 2.09. The molecular weight excluding hydrogens is 297 g/mol. The maximum atomic E-state index is 13.5. The van der Waals surface area contributed by atoms with Crippen LogP contribution >= 0.6 is 0 Å². The van der Waals surface area contributed by atoms with Crippen molar-refractivity contribution < 1.29 is 13.9 Å². The number of halogens is 1. The Kier molecular flexibility index (Phi) is 5.68. The second-order valence-corrected chi connectivity index (χ2v) is 4.91. The number of nitrogens with zero attached hydrogens (tertiary/aromatic N) is 1. The van der Waals surface area contributed by atoms with Gasteiger partial charge in [0.25, 0.3) is 5.91 Å². The molecule has 120 valence electrons. The van der Waals surface area contributed by atoms with E-state index in [1.807, 2.05) is 31.2 Å². The fraction of sp³-hybridized carbons (Fsp3) is 0.176. The molecule has 2 rings (SSSR count). The molecule has 0 aliphatic carbocycles. The Labute approximate surface area is 134 Å². The van der Waals surface area contributed by atoms with Crippen molar-refractivity contribution in [3.05, 3.63) is 59.4 Å². The van der Waals surface area contributed by atoms with Crippen molar-refractivity contribution in [2.45, 2.75) is 6.92 Å². The van der Waals surface area contributed by atoms with E-state index >= 15 is 0 Å². The predicted molar refractivity (Wildman–Crippen MR) is 88.4 cm³/mol. The molecular formula is C17H18FN3O2. The highest BCUT2D eigenvalue weighted by Gasteiger charge is 2.02. The Hall–Kier alpha value is -2.89. The predicted octanol–water partition coefficient (Wildman–Crippen LogP) is 2.70. The number of amides is 1. The minimum atomic E-state index is -0.483. The Bertz CT molecular complexity index is 699. The summed E-state index contributed by atoms with van der Waals surface area (Å²) in [7, 11) is 1.40. The van der Waals surface area contributed by atoms with Gasteiger partial charge in [-0.3, -0.25) is 4.79 Å². The Morgan fingerprint density at radius 3 is 2.65 bits per heavy atom. The van der Waals surface area contributed by atoms with Crippen LogP contribution < -0.4 is 15.5 Å². The lowest BCUT2D eigenvalue weighted by Gasteiger charge is -2.05. The van der Waals surface area contributed by atoms with Crippen LogP contribution in [0.15, 0.2) is 47.6 Å². The van der Waals surface area contributed by atoms with Crippen LogP contribution in [0.1, 0.15) is 11.1 Å². The average molecular weight is 315 g/mol. The van der Waals surface area contributed by atoms with Gasteiger partial charge in [-0.05, 0) is 42.8 Å². The number of hydrogen-bond donors (Lipinski definition) is 2. The number of benzene rings is 2. The molecule has 0 aliphatic rings. The quantitative estimate of drug-likeness (QED) is 0.636. The van der Waals surface area contributed by atoms with E-state index in [1.165, 1.54) is 25.5 Å². The van der Waals surface area contributed by atoms with Crippen LogP contribution in [0.3, 0.4) is 0 Å². The number of rotatable bonds is 6.